The maximum atomic E-state index is 12.0. The van der Waals surface area contributed by atoms with Gasteiger partial charge in [-0.05, 0) is 18.2 Å². The van der Waals surface area contributed by atoms with Gasteiger partial charge in [0.1, 0.15) is 0 Å². The van der Waals surface area contributed by atoms with Crippen LogP contribution in [0, 0.1) is 5.41 Å². The molecule has 3 heteroatoms. The molecule has 0 heterocycles. The van der Waals surface area contributed by atoms with E-state index in [0.717, 1.165) is 17.7 Å². The predicted molar refractivity (Wildman–Crippen MR) is 82.5 cm³/mol. The number of rotatable bonds is 5. The summed E-state index contributed by atoms with van der Waals surface area (Å²) in [5.74, 6) is 0.179. The van der Waals surface area contributed by atoms with Crippen molar-refractivity contribution in [2.45, 2.75) is 52.9 Å². The van der Waals surface area contributed by atoms with E-state index in [4.69, 9.17) is 0 Å². The molecule has 1 amide bonds. The molecule has 0 aromatic rings. The van der Waals surface area contributed by atoms with Crippen LogP contribution < -0.4 is 5.32 Å². The van der Waals surface area contributed by atoms with Crippen molar-refractivity contribution in [1.82, 2.24) is 5.32 Å². The second-order valence-electron chi connectivity index (χ2n) is 4.63. The first-order valence-corrected chi connectivity index (χ1v) is 7.70. The van der Waals surface area contributed by atoms with E-state index in [-0.39, 0.29) is 11.3 Å². The van der Waals surface area contributed by atoms with Gasteiger partial charge in [-0.2, -0.15) is 0 Å². The number of amides is 1. The third-order valence-electron chi connectivity index (χ3n) is 3.20. The molecule has 18 heavy (non-hydrogen) atoms. The summed E-state index contributed by atoms with van der Waals surface area (Å²) in [5, 5.41) is 4.70. The zero-order chi connectivity index (χ0) is 14.0. The second-order valence-corrected chi connectivity index (χ2v) is 5.77. The molecule has 0 saturated heterocycles. The maximum Gasteiger partial charge on any atom is 0.226 e. The van der Waals surface area contributed by atoms with Crippen LogP contribution in [0.15, 0.2) is 23.5 Å². The normalized spacial score (nSPS) is 17.1. The highest BCUT2D eigenvalue weighted by Gasteiger charge is 2.34. The smallest absolute Gasteiger partial charge is 0.226 e. The monoisotopic (exact) mass is 269 g/mol. The Hall–Kier alpha value is -0.700. The van der Waals surface area contributed by atoms with Crippen LogP contribution in [0.4, 0.5) is 0 Å². The van der Waals surface area contributed by atoms with Crippen LogP contribution in [0.3, 0.4) is 0 Å². The maximum absolute atomic E-state index is 12.0. The molecule has 1 saturated carbocycles. The van der Waals surface area contributed by atoms with Crippen molar-refractivity contribution < 1.29 is 4.79 Å². The summed E-state index contributed by atoms with van der Waals surface area (Å²) in [6.07, 6.45) is 5.64. The average molecular weight is 269 g/mol. The highest BCUT2D eigenvalue weighted by Crippen LogP contribution is 2.35. The van der Waals surface area contributed by atoms with Crippen molar-refractivity contribution in [3.05, 3.63) is 23.5 Å². The molecule has 1 rings (SSSR count). The summed E-state index contributed by atoms with van der Waals surface area (Å²) >= 11 is 1.47. The van der Waals surface area contributed by atoms with E-state index >= 15 is 0 Å². The van der Waals surface area contributed by atoms with Crippen molar-refractivity contribution in [2.24, 2.45) is 5.41 Å². The van der Waals surface area contributed by atoms with Crippen molar-refractivity contribution in [2.75, 3.05) is 6.54 Å². The Morgan fingerprint density at radius 1 is 1.33 bits per heavy atom. The zero-order valence-electron chi connectivity index (χ0n) is 12.1. The van der Waals surface area contributed by atoms with Crippen molar-refractivity contribution in [3.63, 3.8) is 0 Å². The largest absolute Gasteiger partial charge is 0.351 e. The Balaban J connectivity index is 0.00000137. The minimum atomic E-state index is -0.155. The van der Waals surface area contributed by atoms with E-state index in [9.17, 15) is 4.79 Å². The van der Waals surface area contributed by atoms with Gasteiger partial charge in [-0.1, -0.05) is 53.2 Å². The van der Waals surface area contributed by atoms with Crippen LogP contribution in [0.1, 0.15) is 52.9 Å². The Kier molecular flexibility index (Phi) is 8.90. The molecule has 1 fully saturated rings. The predicted octanol–water partition coefficient (Wildman–Crippen LogP) is 4.49. The fourth-order valence-corrected chi connectivity index (χ4v) is 2.50. The number of carbonyl (C=O) groups excluding carboxylic acids is 1. The van der Waals surface area contributed by atoms with E-state index in [2.05, 4.69) is 25.4 Å². The molecule has 104 valence electrons. The zero-order valence-corrected chi connectivity index (χ0v) is 12.9. The van der Waals surface area contributed by atoms with Gasteiger partial charge in [-0.15, -0.1) is 11.8 Å². The SMILES string of the molecule is C=CSC(=C)CNC(=O)C1(C)CCCCC1.CC. The molecule has 0 atom stereocenters. The molecule has 0 aliphatic heterocycles. The number of hydrogen-bond donors (Lipinski definition) is 1. The fraction of sp³-hybridized carbons (Fsp3) is 0.667. The van der Waals surface area contributed by atoms with E-state index < -0.39 is 0 Å². The van der Waals surface area contributed by atoms with Crippen molar-refractivity contribution in [1.29, 1.82) is 0 Å². The highest BCUT2D eigenvalue weighted by molar-refractivity contribution is 8.05. The minimum Gasteiger partial charge on any atom is -0.351 e. The molecule has 0 radical (unpaired) electrons. The Morgan fingerprint density at radius 3 is 2.39 bits per heavy atom. The molecule has 0 spiro atoms. The van der Waals surface area contributed by atoms with Crippen molar-refractivity contribution in [3.8, 4) is 0 Å². The van der Waals surface area contributed by atoms with Crippen LogP contribution in [-0.4, -0.2) is 12.5 Å². The minimum absolute atomic E-state index is 0.155. The van der Waals surface area contributed by atoms with Gasteiger partial charge in [0.05, 0.1) is 0 Å². The molecule has 0 aromatic heterocycles. The van der Waals surface area contributed by atoms with Gasteiger partial charge >= 0.3 is 0 Å². The van der Waals surface area contributed by atoms with Crippen LogP contribution in [0.25, 0.3) is 0 Å². The van der Waals surface area contributed by atoms with E-state index in [1.54, 1.807) is 5.41 Å². The van der Waals surface area contributed by atoms with Gasteiger partial charge in [0, 0.05) is 16.9 Å². The lowest BCUT2D eigenvalue weighted by Crippen LogP contribution is -2.40. The van der Waals surface area contributed by atoms with E-state index in [0.29, 0.717) is 6.54 Å². The lowest BCUT2D eigenvalue weighted by molar-refractivity contribution is -0.131. The molecule has 0 aromatic carbocycles. The number of hydrogen-bond acceptors (Lipinski definition) is 2. The quantitative estimate of drug-likeness (QED) is 0.796. The third kappa shape index (κ3) is 5.76. The molecule has 2 nitrogen and oxygen atoms in total. The molecular formula is C15H27NOS. The summed E-state index contributed by atoms with van der Waals surface area (Å²) in [7, 11) is 0. The fourth-order valence-electron chi connectivity index (χ4n) is 2.11. The topological polar surface area (TPSA) is 29.1 Å². The summed E-state index contributed by atoms with van der Waals surface area (Å²) in [4.78, 5) is 13.0. The van der Waals surface area contributed by atoms with Gasteiger partial charge < -0.3 is 5.32 Å². The number of thioether (sulfide) groups is 1. The first-order valence-electron chi connectivity index (χ1n) is 6.82. The second kappa shape index (κ2) is 9.26. The van der Waals surface area contributed by atoms with Crippen LogP contribution in [0.5, 0.6) is 0 Å². The van der Waals surface area contributed by atoms with Gasteiger partial charge in [0.25, 0.3) is 0 Å². The molecule has 1 N–H and O–H groups in total. The Labute approximate surface area is 116 Å². The first-order chi connectivity index (χ1) is 8.58. The number of carbonyl (C=O) groups is 1. The highest BCUT2D eigenvalue weighted by atomic mass is 32.2. The van der Waals surface area contributed by atoms with Crippen LogP contribution in [-0.2, 0) is 4.79 Å². The van der Waals surface area contributed by atoms with Crippen LogP contribution in [0.2, 0.25) is 0 Å². The standard InChI is InChI=1S/C13H21NOS.C2H6/c1-4-16-11(2)10-14-12(15)13(3)8-6-5-7-9-13;1-2/h4H,1-2,5-10H2,3H3,(H,14,15);1-2H3. The summed E-state index contributed by atoms with van der Waals surface area (Å²) in [6.45, 7) is 14.1. The third-order valence-corrected chi connectivity index (χ3v) is 3.85. The van der Waals surface area contributed by atoms with Gasteiger partial charge in [0.15, 0.2) is 0 Å². The summed E-state index contributed by atoms with van der Waals surface area (Å²) in [5.41, 5.74) is -0.155. The molecule has 1 aliphatic carbocycles. The summed E-state index contributed by atoms with van der Waals surface area (Å²) in [6, 6.07) is 0. The van der Waals surface area contributed by atoms with Gasteiger partial charge in [-0.25, -0.2) is 0 Å². The van der Waals surface area contributed by atoms with Crippen molar-refractivity contribution >= 4 is 17.7 Å². The molecular weight excluding hydrogens is 242 g/mol. The van der Waals surface area contributed by atoms with Gasteiger partial charge in [0.2, 0.25) is 5.91 Å². The van der Waals surface area contributed by atoms with Gasteiger partial charge in [-0.3, -0.25) is 4.79 Å². The lowest BCUT2D eigenvalue weighted by atomic mass is 9.75. The Morgan fingerprint density at radius 2 is 1.89 bits per heavy atom. The van der Waals surface area contributed by atoms with E-state index in [1.807, 2.05) is 13.8 Å². The average Bonchev–Trinajstić information content (AvgIpc) is 2.39. The van der Waals surface area contributed by atoms with E-state index in [1.165, 1.54) is 31.0 Å². The first kappa shape index (κ1) is 17.3. The van der Waals surface area contributed by atoms with Crippen LogP contribution >= 0.6 is 11.8 Å². The molecule has 1 aliphatic rings. The molecule has 0 bridgehead atoms. The number of nitrogens with one attached hydrogen (secondary N) is 1. The lowest BCUT2D eigenvalue weighted by Gasteiger charge is -2.32. The molecule has 0 unspecified atom stereocenters. The summed E-state index contributed by atoms with van der Waals surface area (Å²) < 4.78 is 0. The Bertz CT molecular complexity index is 280.